The zero-order valence-corrected chi connectivity index (χ0v) is 10.5. The minimum absolute atomic E-state index is 0.0113. The first kappa shape index (κ1) is 12.2. The van der Waals surface area contributed by atoms with Gasteiger partial charge < -0.3 is 14.9 Å². The summed E-state index contributed by atoms with van der Waals surface area (Å²) in [5, 5.41) is 19.1. The van der Waals surface area contributed by atoms with Crippen LogP contribution in [0.5, 0.6) is 5.75 Å². The lowest BCUT2D eigenvalue weighted by Crippen LogP contribution is -2.25. The summed E-state index contributed by atoms with van der Waals surface area (Å²) in [4.78, 5) is 0. The average molecular weight is 256 g/mol. The van der Waals surface area contributed by atoms with Crippen molar-refractivity contribution in [1.82, 2.24) is 0 Å². The van der Waals surface area contributed by atoms with Crippen LogP contribution in [-0.4, -0.2) is 16.5 Å². The minimum Gasteiger partial charge on any atom is -0.465 e. The van der Waals surface area contributed by atoms with Crippen LogP contribution in [0.4, 0.5) is 0 Å². The predicted molar refractivity (Wildman–Crippen MR) is 71.9 cm³/mol. The van der Waals surface area contributed by atoms with Gasteiger partial charge in [-0.2, -0.15) is 0 Å². The number of fused-ring (bicyclic) bond motifs is 1. The summed E-state index contributed by atoms with van der Waals surface area (Å²) in [7, 11) is 0. The van der Waals surface area contributed by atoms with Crippen molar-refractivity contribution < 1.29 is 14.9 Å². The number of benzene rings is 2. The van der Waals surface area contributed by atoms with Crippen molar-refractivity contribution in [3.8, 4) is 5.75 Å². The molecule has 2 N–H and O–H groups in total. The summed E-state index contributed by atoms with van der Waals surface area (Å²) >= 11 is 0. The molecule has 1 aliphatic rings. The third-order valence-electron chi connectivity index (χ3n) is 3.53. The van der Waals surface area contributed by atoms with E-state index in [-0.39, 0.29) is 12.5 Å². The molecule has 3 heteroatoms. The largest absolute Gasteiger partial charge is 0.465 e. The Bertz CT molecular complexity index is 565. The maximum Gasteiger partial charge on any atom is 0.198 e. The maximum atomic E-state index is 9.84. The Labute approximate surface area is 112 Å². The molecule has 0 bridgehead atoms. The van der Waals surface area contributed by atoms with Crippen LogP contribution in [0.3, 0.4) is 0 Å². The van der Waals surface area contributed by atoms with Crippen LogP contribution in [0.1, 0.15) is 29.0 Å². The van der Waals surface area contributed by atoms with Crippen molar-refractivity contribution >= 4 is 0 Å². The summed E-state index contributed by atoms with van der Waals surface area (Å²) in [6.07, 6.45) is -0.246. The summed E-state index contributed by atoms with van der Waals surface area (Å²) < 4.78 is 5.46. The van der Waals surface area contributed by atoms with Gasteiger partial charge in [0, 0.05) is 17.9 Å². The Hall–Kier alpha value is -1.84. The molecule has 1 heterocycles. The lowest BCUT2D eigenvalue weighted by Gasteiger charge is -2.30. The predicted octanol–water partition coefficient (Wildman–Crippen LogP) is 2.41. The number of aliphatic hydroxyl groups excluding tert-OH is 2. The minimum atomic E-state index is -0.780. The number of hydrogen-bond acceptors (Lipinski definition) is 3. The van der Waals surface area contributed by atoms with E-state index in [9.17, 15) is 10.2 Å². The number of aliphatic hydroxyl groups is 2. The molecule has 98 valence electrons. The highest BCUT2D eigenvalue weighted by Gasteiger charge is 2.28. The van der Waals surface area contributed by atoms with Gasteiger partial charge in [-0.05, 0) is 23.3 Å². The first-order valence-electron chi connectivity index (χ1n) is 6.41. The molecule has 0 radical (unpaired) electrons. The fraction of sp³-hybridized carbons (Fsp3) is 0.250. The fourth-order valence-electron chi connectivity index (χ4n) is 2.60. The molecule has 2 aromatic rings. The summed E-state index contributed by atoms with van der Waals surface area (Å²) in [6.45, 7) is 0.0113. The fourth-order valence-corrected chi connectivity index (χ4v) is 2.60. The van der Waals surface area contributed by atoms with E-state index in [1.807, 2.05) is 36.4 Å². The van der Waals surface area contributed by atoms with Gasteiger partial charge in [-0.1, -0.05) is 36.4 Å². The number of ether oxygens (including phenoxy) is 1. The second-order valence-corrected chi connectivity index (χ2v) is 4.80. The quantitative estimate of drug-likeness (QED) is 0.867. The van der Waals surface area contributed by atoms with Crippen LogP contribution in [0, 0.1) is 0 Å². The van der Waals surface area contributed by atoms with E-state index in [0.29, 0.717) is 12.2 Å². The first-order valence-corrected chi connectivity index (χ1v) is 6.41. The van der Waals surface area contributed by atoms with Crippen molar-refractivity contribution in [3.63, 3.8) is 0 Å². The van der Waals surface area contributed by atoms with E-state index in [4.69, 9.17) is 4.74 Å². The van der Waals surface area contributed by atoms with E-state index in [0.717, 1.165) is 16.7 Å². The molecule has 1 aliphatic heterocycles. The third kappa shape index (κ3) is 2.35. The van der Waals surface area contributed by atoms with Gasteiger partial charge in [0.1, 0.15) is 5.75 Å². The zero-order valence-electron chi connectivity index (χ0n) is 10.5. The highest BCUT2D eigenvalue weighted by Crippen LogP contribution is 2.40. The molecule has 0 saturated heterocycles. The smallest absolute Gasteiger partial charge is 0.198 e. The van der Waals surface area contributed by atoms with E-state index >= 15 is 0 Å². The summed E-state index contributed by atoms with van der Waals surface area (Å²) in [5.41, 5.74) is 3.05. The van der Waals surface area contributed by atoms with Crippen LogP contribution in [0.25, 0.3) is 0 Å². The lowest BCUT2D eigenvalue weighted by atomic mass is 9.85. The van der Waals surface area contributed by atoms with Gasteiger partial charge in [0.15, 0.2) is 6.29 Å². The Balaban J connectivity index is 2.07. The highest BCUT2D eigenvalue weighted by atomic mass is 16.6. The molecule has 2 aromatic carbocycles. The van der Waals surface area contributed by atoms with Crippen molar-refractivity contribution in [2.45, 2.75) is 25.2 Å². The van der Waals surface area contributed by atoms with Gasteiger partial charge >= 0.3 is 0 Å². The normalized spacial score (nSPS) is 21.6. The SMILES string of the molecule is OCc1ccc2c(c1)[C@@H](c1ccccc1)CC(O)O2. The standard InChI is InChI=1S/C16H16O3/c17-10-11-6-7-15-14(8-11)13(9-16(18)19-15)12-4-2-1-3-5-12/h1-8,13,16-18H,9-10H2/t13-,16?/m1/s1. The lowest BCUT2D eigenvalue weighted by molar-refractivity contribution is -0.0359. The Morgan fingerprint density at radius 1 is 1.11 bits per heavy atom. The maximum absolute atomic E-state index is 9.84. The number of rotatable bonds is 2. The van der Waals surface area contributed by atoms with Crippen molar-refractivity contribution in [2.75, 3.05) is 0 Å². The van der Waals surface area contributed by atoms with E-state index in [1.165, 1.54) is 0 Å². The highest BCUT2D eigenvalue weighted by molar-refractivity contribution is 5.45. The van der Waals surface area contributed by atoms with Crippen molar-refractivity contribution in [3.05, 3.63) is 65.2 Å². The molecule has 0 amide bonds. The molecular weight excluding hydrogens is 240 g/mol. The monoisotopic (exact) mass is 256 g/mol. The zero-order chi connectivity index (χ0) is 13.2. The van der Waals surface area contributed by atoms with Gasteiger partial charge in [-0.25, -0.2) is 0 Å². The molecule has 3 rings (SSSR count). The van der Waals surface area contributed by atoms with E-state index in [1.54, 1.807) is 0 Å². The van der Waals surface area contributed by atoms with Crippen LogP contribution >= 0.6 is 0 Å². The first-order chi connectivity index (χ1) is 9.28. The van der Waals surface area contributed by atoms with Crippen LogP contribution < -0.4 is 4.74 Å². The van der Waals surface area contributed by atoms with Crippen LogP contribution in [0.15, 0.2) is 48.5 Å². The van der Waals surface area contributed by atoms with Gasteiger partial charge in [-0.3, -0.25) is 0 Å². The molecule has 0 saturated carbocycles. The van der Waals surface area contributed by atoms with Gasteiger partial charge in [0.05, 0.1) is 6.61 Å². The Morgan fingerprint density at radius 3 is 2.63 bits per heavy atom. The van der Waals surface area contributed by atoms with Crippen LogP contribution in [-0.2, 0) is 6.61 Å². The molecular formula is C16H16O3. The van der Waals surface area contributed by atoms with Gasteiger partial charge in [-0.15, -0.1) is 0 Å². The summed E-state index contributed by atoms with van der Waals surface area (Å²) in [6, 6.07) is 15.7. The molecule has 3 nitrogen and oxygen atoms in total. The van der Waals surface area contributed by atoms with Crippen LogP contribution in [0.2, 0.25) is 0 Å². The molecule has 19 heavy (non-hydrogen) atoms. The van der Waals surface area contributed by atoms with Gasteiger partial charge in [0.2, 0.25) is 0 Å². The van der Waals surface area contributed by atoms with E-state index in [2.05, 4.69) is 12.1 Å². The molecule has 0 aromatic heterocycles. The second kappa shape index (κ2) is 5.03. The summed E-state index contributed by atoms with van der Waals surface area (Å²) in [5.74, 6) is 0.802. The molecule has 0 spiro atoms. The molecule has 1 unspecified atom stereocenters. The molecule has 0 fully saturated rings. The topological polar surface area (TPSA) is 49.7 Å². The average Bonchev–Trinajstić information content (AvgIpc) is 2.47. The Kier molecular flexibility index (Phi) is 3.23. The van der Waals surface area contributed by atoms with E-state index < -0.39 is 6.29 Å². The Morgan fingerprint density at radius 2 is 1.89 bits per heavy atom. The van der Waals surface area contributed by atoms with Gasteiger partial charge in [0.25, 0.3) is 0 Å². The third-order valence-corrected chi connectivity index (χ3v) is 3.53. The molecule has 2 atom stereocenters. The van der Waals surface area contributed by atoms with Crippen molar-refractivity contribution in [1.29, 1.82) is 0 Å². The second-order valence-electron chi connectivity index (χ2n) is 4.80. The van der Waals surface area contributed by atoms with Crippen molar-refractivity contribution in [2.24, 2.45) is 0 Å². The number of hydrogen-bond donors (Lipinski definition) is 2. The molecule has 0 aliphatic carbocycles.